The summed E-state index contributed by atoms with van der Waals surface area (Å²) in [6.07, 6.45) is 0. The summed E-state index contributed by atoms with van der Waals surface area (Å²) < 4.78 is 29.9. The van der Waals surface area contributed by atoms with Crippen molar-refractivity contribution in [1.29, 1.82) is 0 Å². The first-order chi connectivity index (χ1) is 14.5. The third kappa shape index (κ3) is 6.93. The van der Waals surface area contributed by atoms with Crippen LogP contribution < -0.4 is 10.6 Å². The molecule has 2 aromatic rings. The van der Waals surface area contributed by atoms with E-state index in [1.165, 1.54) is 56.6 Å². The molecule has 0 heterocycles. The molecule has 2 aromatic carbocycles. The SMILES string of the molecule is CN(C)S(=O)(=O)c1ccc(NC(=O)COC(=O)CNC(=O)c2ccc(Cl)c(Cl)c2)cc1. The predicted molar refractivity (Wildman–Crippen MR) is 116 cm³/mol. The molecular weight excluding hydrogens is 469 g/mol. The number of benzene rings is 2. The standard InChI is InChI=1S/C19H19Cl2N3O6S/c1-24(2)31(28,29)14-6-4-13(5-7-14)23-17(25)11-30-18(26)10-22-19(27)12-3-8-15(20)16(21)9-12/h3-9H,10-11H2,1-2H3,(H,22,27)(H,23,25). The van der Waals surface area contributed by atoms with E-state index in [1.54, 1.807) is 0 Å². The van der Waals surface area contributed by atoms with Crippen LogP contribution in [-0.2, 0) is 24.3 Å². The Morgan fingerprint density at radius 1 is 1.00 bits per heavy atom. The molecule has 0 saturated carbocycles. The van der Waals surface area contributed by atoms with Crippen molar-refractivity contribution in [3.05, 3.63) is 58.1 Å². The number of ether oxygens (including phenoxy) is 1. The molecule has 0 radical (unpaired) electrons. The topological polar surface area (TPSA) is 122 Å². The van der Waals surface area contributed by atoms with Crippen molar-refractivity contribution in [2.24, 2.45) is 0 Å². The van der Waals surface area contributed by atoms with Crippen molar-refractivity contribution in [2.75, 3.05) is 32.6 Å². The van der Waals surface area contributed by atoms with Crippen LogP contribution in [0.1, 0.15) is 10.4 Å². The van der Waals surface area contributed by atoms with Crippen LogP contribution in [0.15, 0.2) is 47.4 Å². The number of halogens is 2. The number of esters is 1. The molecule has 0 unspecified atom stereocenters. The molecule has 0 aliphatic carbocycles. The maximum Gasteiger partial charge on any atom is 0.325 e. The summed E-state index contributed by atoms with van der Waals surface area (Å²) in [7, 11) is -0.761. The maximum absolute atomic E-state index is 12.0. The summed E-state index contributed by atoms with van der Waals surface area (Å²) in [6.45, 7) is -1.04. The van der Waals surface area contributed by atoms with E-state index in [9.17, 15) is 22.8 Å². The third-order valence-electron chi connectivity index (χ3n) is 3.86. The second-order valence-electron chi connectivity index (χ2n) is 6.33. The number of rotatable bonds is 8. The van der Waals surface area contributed by atoms with Crippen molar-refractivity contribution in [3.63, 3.8) is 0 Å². The highest BCUT2D eigenvalue weighted by Crippen LogP contribution is 2.22. The number of nitrogens with one attached hydrogen (secondary N) is 2. The van der Waals surface area contributed by atoms with E-state index in [0.29, 0.717) is 5.69 Å². The van der Waals surface area contributed by atoms with Gasteiger partial charge in [-0.05, 0) is 42.5 Å². The zero-order valence-corrected chi connectivity index (χ0v) is 18.8. The summed E-state index contributed by atoms with van der Waals surface area (Å²) in [5.74, 6) is -2.02. The average molecular weight is 488 g/mol. The van der Waals surface area contributed by atoms with Crippen LogP contribution in [-0.4, -0.2) is 57.8 Å². The summed E-state index contributed by atoms with van der Waals surface area (Å²) in [4.78, 5) is 35.7. The Balaban J connectivity index is 1.79. The Morgan fingerprint density at radius 3 is 2.23 bits per heavy atom. The molecule has 0 saturated heterocycles. The summed E-state index contributed by atoms with van der Waals surface area (Å²) in [6, 6.07) is 9.75. The lowest BCUT2D eigenvalue weighted by molar-refractivity contribution is -0.146. The van der Waals surface area contributed by atoms with Crippen molar-refractivity contribution >= 4 is 56.7 Å². The van der Waals surface area contributed by atoms with Gasteiger partial charge in [-0.1, -0.05) is 23.2 Å². The fraction of sp³-hybridized carbons (Fsp3) is 0.211. The van der Waals surface area contributed by atoms with Crippen LogP contribution in [0.4, 0.5) is 5.69 Å². The number of carbonyl (C=O) groups is 3. The number of amides is 2. The molecule has 12 heteroatoms. The molecular formula is C19H19Cl2N3O6S. The Labute approximate surface area is 189 Å². The first-order valence-corrected chi connectivity index (χ1v) is 10.9. The van der Waals surface area contributed by atoms with E-state index < -0.39 is 41.0 Å². The second-order valence-corrected chi connectivity index (χ2v) is 9.30. The van der Waals surface area contributed by atoms with Gasteiger partial charge < -0.3 is 15.4 Å². The van der Waals surface area contributed by atoms with E-state index in [1.807, 2.05) is 0 Å². The zero-order valence-electron chi connectivity index (χ0n) is 16.5. The van der Waals surface area contributed by atoms with Crippen LogP contribution in [0.25, 0.3) is 0 Å². The Bertz CT molecular complexity index is 1090. The largest absolute Gasteiger partial charge is 0.454 e. The molecule has 0 aromatic heterocycles. The highest BCUT2D eigenvalue weighted by atomic mass is 35.5. The minimum atomic E-state index is -3.58. The first-order valence-electron chi connectivity index (χ1n) is 8.72. The lowest BCUT2D eigenvalue weighted by Gasteiger charge is -2.12. The van der Waals surface area contributed by atoms with Gasteiger partial charge in [0.25, 0.3) is 11.8 Å². The molecule has 0 aliphatic rings. The van der Waals surface area contributed by atoms with Gasteiger partial charge in [-0.3, -0.25) is 14.4 Å². The average Bonchev–Trinajstić information content (AvgIpc) is 2.72. The Morgan fingerprint density at radius 2 is 1.65 bits per heavy atom. The van der Waals surface area contributed by atoms with Crippen LogP contribution in [0.3, 0.4) is 0 Å². The van der Waals surface area contributed by atoms with Gasteiger partial charge >= 0.3 is 5.97 Å². The quantitative estimate of drug-likeness (QED) is 0.550. The molecule has 2 N–H and O–H groups in total. The van der Waals surface area contributed by atoms with E-state index in [-0.39, 0.29) is 20.5 Å². The molecule has 0 atom stereocenters. The van der Waals surface area contributed by atoms with Gasteiger partial charge in [-0.15, -0.1) is 0 Å². The van der Waals surface area contributed by atoms with Gasteiger partial charge in [0.05, 0.1) is 14.9 Å². The molecule has 166 valence electrons. The fourth-order valence-electron chi connectivity index (χ4n) is 2.21. The molecule has 0 bridgehead atoms. The Kier molecular flexibility index (Phi) is 8.40. The van der Waals surface area contributed by atoms with Gasteiger partial charge in [0, 0.05) is 25.3 Å². The number of anilines is 1. The van der Waals surface area contributed by atoms with E-state index in [0.717, 1.165) is 4.31 Å². The number of sulfonamides is 1. The third-order valence-corrected chi connectivity index (χ3v) is 6.42. The monoisotopic (exact) mass is 487 g/mol. The Hall–Kier alpha value is -2.66. The minimum absolute atomic E-state index is 0.0691. The van der Waals surface area contributed by atoms with Gasteiger partial charge in [0.1, 0.15) is 6.54 Å². The number of hydrogen-bond acceptors (Lipinski definition) is 6. The van der Waals surface area contributed by atoms with E-state index in [4.69, 9.17) is 27.9 Å². The van der Waals surface area contributed by atoms with Crippen molar-refractivity contribution in [1.82, 2.24) is 9.62 Å². The molecule has 0 fully saturated rings. The summed E-state index contributed by atoms with van der Waals surface area (Å²) >= 11 is 11.6. The number of nitrogens with zero attached hydrogens (tertiary/aromatic N) is 1. The molecule has 2 rings (SSSR count). The fourth-order valence-corrected chi connectivity index (χ4v) is 3.41. The second kappa shape index (κ2) is 10.6. The predicted octanol–water partition coefficient (Wildman–Crippen LogP) is 2.16. The highest BCUT2D eigenvalue weighted by Gasteiger charge is 2.17. The van der Waals surface area contributed by atoms with Crippen molar-refractivity contribution < 1.29 is 27.5 Å². The van der Waals surface area contributed by atoms with Crippen LogP contribution in [0.2, 0.25) is 10.0 Å². The van der Waals surface area contributed by atoms with Gasteiger partial charge in [-0.2, -0.15) is 0 Å². The molecule has 31 heavy (non-hydrogen) atoms. The molecule has 2 amide bonds. The maximum atomic E-state index is 12.0. The van der Waals surface area contributed by atoms with Crippen LogP contribution in [0.5, 0.6) is 0 Å². The van der Waals surface area contributed by atoms with Crippen molar-refractivity contribution in [3.8, 4) is 0 Å². The minimum Gasteiger partial charge on any atom is -0.454 e. The lowest BCUT2D eigenvalue weighted by atomic mass is 10.2. The highest BCUT2D eigenvalue weighted by molar-refractivity contribution is 7.89. The number of hydrogen-bond donors (Lipinski definition) is 2. The molecule has 0 spiro atoms. The van der Waals surface area contributed by atoms with E-state index >= 15 is 0 Å². The smallest absolute Gasteiger partial charge is 0.325 e. The van der Waals surface area contributed by atoms with Gasteiger partial charge in [0.2, 0.25) is 10.0 Å². The van der Waals surface area contributed by atoms with Crippen molar-refractivity contribution in [2.45, 2.75) is 4.90 Å². The normalized spacial score (nSPS) is 11.1. The molecule has 9 nitrogen and oxygen atoms in total. The summed E-state index contributed by atoms with van der Waals surface area (Å²) in [5, 5.41) is 5.29. The summed E-state index contributed by atoms with van der Waals surface area (Å²) in [5.41, 5.74) is 0.534. The lowest BCUT2D eigenvalue weighted by Crippen LogP contribution is -2.32. The first kappa shape index (κ1) is 24.6. The molecule has 0 aliphatic heterocycles. The van der Waals surface area contributed by atoms with Crippen LogP contribution in [0, 0.1) is 0 Å². The zero-order chi connectivity index (χ0) is 23.2. The van der Waals surface area contributed by atoms with Gasteiger partial charge in [0.15, 0.2) is 6.61 Å². The van der Waals surface area contributed by atoms with Gasteiger partial charge in [-0.25, -0.2) is 12.7 Å². The number of carbonyl (C=O) groups excluding carboxylic acids is 3. The van der Waals surface area contributed by atoms with E-state index in [2.05, 4.69) is 10.6 Å². The van der Waals surface area contributed by atoms with Crippen LogP contribution >= 0.6 is 23.2 Å².